The molecule has 2 aliphatic heterocycles. The number of H-pyrrole nitrogens is 4. The van der Waals surface area contributed by atoms with Gasteiger partial charge in [0.15, 0.2) is 0 Å². The Morgan fingerprint density at radius 1 is 0.417 bits per heavy atom. The molecule has 0 saturated heterocycles. The summed E-state index contributed by atoms with van der Waals surface area (Å²) in [5, 5.41) is 5.12. The Labute approximate surface area is 410 Å². The van der Waals surface area contributed by atoms with Gasteiger partial charge in [-0.25, -0.2) is 0 Å². The summed E-state index contributed by atoms with van der Waals surface area (Å²) in [7, 11) is 6.27. The third-order valence-corrected chi connectivity index (χ3v) is 13.9. The number of aromatic nitrogens is 4. The highest BCUT2D eigenvalue weighted by atomic mass is 16.5. The fourth-order valence-corrected chi connectivity index (χ4v) is 10.4. The average Bonchev–Trinajstić information content (AvgIpc) is 4.28. The van der Waals surface area contributed by atoms with E-state index < -0.39 is 0 Å². The van der Waals surface area contributed by atoms with Gasteiger partial charge in [0, 0.05) is 101 Å². The van der Waals surface area contributed by atoms with Crippen LogP contribution in [-0.2, 0) is 22.7 Å². The molecule has 11 aromatic rings. The number of nitrogens with zero attached hydrogens (tertiary/aromatic N) is 2. The fourth-order valence-electron chi connectivity index (χ4n) is 10.4. The van der Waals surface area contributed by atoms with E-state index >= 15 is 0 Å². The monoisotopic (exact) mass is 952 g/mol. The third-order valence-electron chi connectivity index (χ3n) is 13.9. The van der Waals surface area contributed by atoms with Crippen LogP contribution in [0, 0.1) is 0 Å². The predicted octanol–water partition coefficient (Wildman–Crippen LogP) is 10.9. The van der Waals surface area contributed by atoms with Crippen LogP contribution < -0.4 is 18.9 Å². The molecule has 0 radical (unpaired) electrons. The number of imide groups is 2. The predicted molar refractivity (Wildman–Crippen MR) is 277 cm³/mol. The minimum Gasteiger partial charge on any atom is -0.497 e. The van der Waals surface area contributed by atoms with E-state index in [2.05, 4.69) is 19.9 Å². The Morgan fingerprint density at radius 3 is 1.19 bits per heavy atom. The van der Waals surface area contributed by atoms with Crippen molar-refractivity contribution in [3.05, 3.63) is 179 Å². The third kappa shape index (κ3) is 6.71. The van der Waals surface area contributed by atoms with Gasteiger partial charge in [0.25, 0.3) is 23.6 Å². The normalized spacial score (nSPS) is 13.7. The highest BCUT2D eigenvalue weighted by Gasteiger charge is 2.43. The molecule has 14 nitrogen and oxygen atoms in total. The first-order chi connectivity index (χ1) is 35.2. The van der Waals surface area contributed by atoms with Crippen LogP contribution in [0.1, 0.15) is 43.0 Å². The molecule has 14 heteroatoms. The van der Waals surface area contributed by atoms with Crippen molar-refractivity contribution in [3.63, 3.8) is 0 Å². The van der Waals surface area contributed by atoms with Gasteiger partial charge in [0.1, 0.15) is 23.0 Å². The standard InChI is InChI=1S/C29H21N3O4.C29H23N3O4/c1-35-16-12-11-15(21(13-16)36-2)14-32-28(33)24-22-17-7-3-5-9-19(17)30-26(22)27-23(25(24)29(32)34)18-8-4-6-10-20(18)31-27;1-35-18-12-11-17(25(13-18)36-2)16-32-28(33)26(21-14-30-23-9-5-3-7-19(21)23)27(29(32)34)22-15-31-24-10-6-4-8-20(22)24/h3-13,30-31H,14H2,1-2H3;3-15,30-31H,16H2,1-2H3. The van der Waals surface area contributed by atoms with Crippen molar-refractivity contribution in [2.24, 2.45) is 0 Å². The van der Waals surface area contributed by atoms with Crippen molar-refractivity contribution >= 4 is 100 Å². The zero-order valence-electron chi connectivity index (χ0n) is 39.4. The number of ether oxygens (including phenoxy) is 4. The summed E-state index contributed by atoms with van der Waals surface area (Å²) in [5.74, 6) is 1.06. The number of nitrogens with one attached hydrogen (secondary N) is 4. The Balaban J connectivity index is 0.000000147. The van der Waals surface area contributed by atoms with Gasteiger partial charge in [-0.05, 0) is 48.5 Å². The lowest BCUT2D eigenvalue weighted by Gasteiger charge is -2.18. The van der Waals surface area contributed by atoms with Gasteiger partial charge in [0.05, 0.1) is 74.8 Å². The van der Waals surface area contributed by atoms with Crippen LogP contribution in [0.3, 0.4) is 0 Å². The van der Waals surface area contributed by atoms with Gasteiger partial charge in [-0.2, -0.15) is 0 Å². The molecule has 72 heavy (non-hydrogen) atoms. The van der Waals surface area contributed by atoms with Crippen molar-refractivity contribution in [3.8, 4) is 23.0 Å². The Kier molecular flexibility index (Phi) is 10.4. The van der Waals surface area contributed by atoms with Crippen molar-refractivity contribution < 1.29 is 38.1 Å². The van der Waals surface area contributed by atoms with Crippen molar-refractivity contribution in [1.82, 2.24) is 29.7 Å². The molecule has 13 rings (SSSR count). The summed E-state index contributed by atoms with van der Waals surface area (Å²) in [6.07, 6.45) is 3.61. The van der Waals surface area contributed by atoms with Crippen LogP contribution in [0.15, 0.2) is 146 Å². The second kappa shape index (κ2) is 17.1. The van der Waals surface area contributed by atoms with E-state index in [1.54, 1.807) is 65.1 Å². The molecule has 4 aromatic heterocycles. The van der Waals surface area contributed by atoms with E-state index in [1.165, 1.54) is 9.80 Å². The Hall–Kier alpha value is -9.56. The first-order valence-electron chi connectivity index (χ1n) is 23.2. The van der Waals surface area contributed by atoms with Crippen LogP contribution in [0.25, 0.3) is 76.6 Å². The van der Waals surface area contributed by atoms with E-state index in [-0.39, 0.29) is 36.7 Å². The van der Waals surface area contributed by atoms with Crippen LogP contribution in [-0.4, -0.2) is 81.8 Å². The van der Waals surface area contributed by atoms with E-state index in [4.69, 9.17) is 18.9 Å². The van der Waals surface area contributed by atoms with E-state index in [9.17, 15) is 19.2 Å². The Morgan fingerprint density at radius 2 is 0.792 bits per heavy atom. The molecule has 0 fully saturated rings. The number of para-hydroxylation sites is 4. The summed E-state index contributed by atoms with van der Waals surface area (Å²) in [5.41, 5.74) is 9.75. The number of amides is 4. The molecule has 0 atom stereocenters. The largest absolute Gasteiger partial charge is 0.497 e. The zero-order valence-corrected chi connectivity index (χ0v) is 39.4. The van der Waals surface area contributed by atoms with Crippen LogP contribution in [0.4, 0.5) is 0 Å². The number of aromatic amines is 4. The average molecular weight is 953 g/mol. The lowest BCUT2D eigenvalue weighted by molar-refractivity contribution is -0.136. The maximum absolute atomic E-state index is 14.0. The van der Waals surface area contributed by atoms with E-state index in [0.717, 1.165) is 71.0 Å². The van der Waals surface area contributed by atoms with Gasteiger partial charge < -0.3 is 38.9 Å². The summed E-state index contributed by atoms with van der Waals surface area (Å²) < 4.78 is 21.7. The molecule has 4 amide bonds. The lowest BCUT2D eigenvalue weighted by Crippen LogP contribution is -2.31. The Bertz CT molecular complexity index is 3910. The first kappa shape index (κ1) is 43.7. The number of hydrogen-bond acceptors (Lipinski definition) is 8. The topological polar surface area (TPSA) is 175 Å². The second-order valence-corrected chi connectivity index (χ2v) is 17.6. The fraction of sp³-hybridized carbons (Fsp3) is 0.103. The van der Waals surface area contributed by atoms with Gasteiger partial charge in [-0.3, -0.25) is 29.0 Å². The van der Waals surface area contributed by atoms with Gasteiger partial charge in [0.2, 0.25) is 0 Å². The highest BCUT2D eigenvalue weighted by molar-refractivity contribution is 6.50. The molecule has 6 heterocycles. The maximum Gasteiger partial charge on any atom is 0.262 e. The molecule has 0 saturated carbocycles. The van der Waals surface area contributed by atoms with Crippen molar-refractivity contribution in [2.45, 2.75) is 13.1 Å². The molecule has 354 valence electrons. The highest BCUT2D eigenvalue weighted by Crippen LogP contribution is 2.45. The molecule has 0 spiro atoms. The van der Waals surface area contributed by atoms with Crippen molar-refractivity contribution in [2.75, 3.05) is 28.4 Å². The molecule has 2 aliphatic rings. The SMILES string of the molecule is COc1ccc(CN2C(=O)C(c3c[nH]c4ccccc34)=C(c3c[nH]c4ccccc34)C2=O)c(OC)c1.COc1ccc(CN2C(=O)c3c(c4c5ccccc5[nH]c4c4[nH]c5ccccc5c34)C2=O)c(OC)c1. The van der Waals surface area contributed by atoms with Crippen LogP contribution in [0.2, 0.25) is 0 Å². The summed E-state index contributed by atoms with van der Waals surface area (Å²) in [4.78, 5) is 72.1. The number of carbonyl (C=O) groups is 4. The van der Waals surface area contributed by atoms with Gasteiger partial charge >= 0.3 is 0 Å². The summed E-state index contributed by atoms with van der Waals surface area (Å²) in [6.45, 7) is 0.162. The van der Waals surface area contributed by atoms with Gasteiger partial charge in [-0.1, -0.05) is 72.8 Å². The molecule has 7 aromatic carbocycles. The lowest BCUT2D eigenvalue weighted by atomic mass is 9.95. The minimum atomic E-state index is -0.345. The first-order valence-corrected chi connectivity index (χ1v) is 23.2. The smallest absolute Gasteiger partial charge is 0.262 e. The van der Waals surface area contributed by atoms with Crippen molar-refractivity contribution in [1.29, 1.82) is 0 Å². The molecular weight excluding hydrogens is 909 g/mol. The quantitative estimate of drug-likeness (QED) is 0.0980. The molecule has 4 N–H and O–H groups in total. The number of hydrogen-bond donors (Lipinski definition) is 4. The number of carbonyl (C=O) groups excluding carboxylic acids is 4. The van der Waals surface area contributed by atoms with Crippen LogP contribution >= 0.6 is 0 Å². The van der Waals surface area contributed by atoms with E-state index in [0.29, 0.717) is 62.0 Å². The molecule has 0 bridgehead atoms. The van der Waals surface area contributed by atoms with Crippen LogP contribution in [0.5, 0.6) is 23.0 Å². The minimum absolute atomic E-state index is 0.0720. The number of methoxy groups -OCH3 is 4. The summed E-state index contributed by atoms with van der Waals surface area (Å²) in [6, 6.07) is 42.0. The second-order valence-electron chi connectivity index (χ2n) is 17.6. The van der Waals surface area contributed by atoms with E-state index in [1.807, 2.05) is 109 Å². The number of benzene rings is 7. The molecule has 0 aliphatic carbocycles. The number of fused-ring (bicyclic) bond motifs is 12. The molecular formula is C58H44N6O8. The zero-order chi connectivity index (χ0) is 49.4. The van der Waals surface area contributed by atoms with Gasteiger partial charge in [-0.15, -0.1) is 0 Å². The number of rotatable bonds is 10. The molecule has 0 unspecified atom stereocenters. The maximum atomic E-state index is 14.0. The summed E-state index contributed by atoms with van der Waals surface area (Å²) >= 11 is 0.